The first-order valence-electron chi connectivity index (χ1n) is 10.2. The number of unbranched alkanes of at least 4 members (excludes halogenated alkanes) is 3. The molecule has 0 bridgehead atoms. The molecule has 5 nitrogen and oxygen atoms in total. The number of piperazine rings is 1. The number of carboxylic acids is 1. The number of anilines is 2. The summed E-state index contributed by atoms with van der Waals surface area (Å²) in [6.45, 7) is 6.68. The van der Waals surface area contributed by atoms with Gasteiger partial charge < -0.3 is 19.6 Å². The minimum absolute atomic E-state index is 0.328. The number of aromatic carboxylic acids is 1. The Morgan fingerprint density at radius 3 is 2.25 bits per heavy atom. The topological polar surface area (TPSA) is 53.0 Å². The summed E-state index contributed by atoms with van der Waals surface area (Å²) in [5, 5.41) is 9.03. The molecule has 5 heteroatoms. The first-order chi connectivity index (χ1) is 13.7. The van der Waals surface area contributed by atoms with E-state index in [0.29, 0.717) is 5.56 Å². The summed E-state index contributed by atoms with van der Waals surface area (Å²) in [5.41, 5.74) is 2.61. The van der Waals surface area contributed by atoms with Crippen molar-refractivity contribution < 1.29 is 14.6 Å². The average Bonchev–Trinajstić information content (AvgIpc) is 2.74. The molecule has 0 aliphatic carbocycles. The molecule has 0 saturated carbocycles. The molecule has 28 heavy (non-hydrogen) atoms. The van der Waals surface area contributed by atoms with Crippen LogP contribution in [0.5, 0.6) is 5.75 Å². The number of hydrogen-bond acceptors (Lipinski definition) is 4. The van der Waals surface area contributed by atoms with Crippen molar-refractivity contribution in [1.82, 2.24) is 0 Å². The summed E-state index contributed by atoms with van der Waals surface area (Å²) in [7, 11) is 0. The second-order valence-corrected chi connectivity index (χ2v) is 7.23. The molecule has 0 atom stereocenters. The highest BCUT2D eigenvalue weighted by atomic mass is 16.5. The molecule has 0 aromatic heterocycles. The first kappa shape index (κ1) is 20.1. The van der Waals surface area contributed by atoms with E-state index >= 15 is 0 Å². The van der Waals surface area contributed by atoms with Crippen LogP contribution < -0.4 is 14.5 Å². The second kappa shape index (κ2) is 10.0. The maximum Gasteiger partial charge on any atom is 0.335 e. The van der Waals surface area contributed by atoms with Gasteiger partial charge in [0.1, 0.15) is 5.75 Å². The fourth-order valence-corrected chi connectivity index (χ4v) is 3.53. The Morgan fingerprint density at radius 1 is 0.929 bits per heavy atom. The Labute approximate surface area is 167 Å². The van der Waals surface area contributed by atoms with E-state index in [2.05, 4.69) is 34.9 Å². The molecule has 0 amide bonds. The quantitative estimate of drug-likeness (QED) is 0.639. The van der Waals surface area contributed by atoms with Crippen LogP contribution in [0, 0.1) is 0 Å². The van der Waals surface area contributed by atoms with Crippen LogP contribution in [-0.4, -0.2) is 43.9 Å². The van der Waals surface area contributed by atoms with Crippen molar-refractivity contribution >= 4 is 17.3 Å². The molecule has 2 aromatic rings. The molecule has 2 aromatic carbocycles. The Balaban J connectivity index is 1.51. The molecular formula is C23H30N2O3. The SMILES string of the molecule is CCCCCCOc1cccc(N2CCN(c3ccc(C(=O)O)cc3)CC2)c1. The molecule has 1 heterocycles. The van der Waals surface area contributed by atoms with Gasteiger partial charge in [0.15, 0.2) is 0 Å². The summed E-state index contributed by atoms with van der Waals surface area (Å²) in [4.78, 5) is 15.7. The maximum absolute atomic E-state index is 11.0. The van der Waals surface area contributed by atoms with Gasteiger partial charge in [0, 0.05) is 43.6 Å². The van der Waals surface area contributed by atoms with E-state index in [1.807, 2.05) is 18.2 Å². The van der Waals surface area contributed by atoms with Gasteiger partial charge in [-0.2, -0.15) is 0 Å². The van der Waals surface area contributed by atoms with Crippen LogP contribution in [0.3, 0.4) is 0 Å². The molecule has 0 spiro atoms. The molecule has 3 rings (SSSR count). The highest BCUT2D eigenvalue weighted by Gasteiger charge is 2.18. The molecule has 1 N–H and O–H groups in total. The fourth-order valence-electron chi connectivity index (χ4n) is 3.53. The third-order valence-corrected chi connectivity index (χ3v) is 5.21. The monoisotopic (exact) mass is 382 g/mol. The van der Waals surface area contributed by atoms with E-state index < -0.39 is 5.97 Å². The van der Waals surface area contributed by atoms with Crippen molar-refractivity contribution in [3.05, 3.63) is 54.1 Å². The van der Waals surface area contributed by atoms with E-state index in [4.69, 9.17) is 9.84 Å². The van der Waals surface area contributed by atoms with E-state index in [9.17, 15) is 4.79 Å². The summed E-state index contributed by atoms with van der Waals surface area (Å²) < 4.78 is 5.92. The zero-order valence-electron chi connectivity index (χ0n) is 16.6. The van der Waals surface area contributed by atoms with Gasteiger partial charge in [0.2, 0.25) is 0 Å². The van der Waals surface area contributed by atoms with Gasteiger partial charge in [-0.1, -0.05) is 32.3 Å². The summed E-state index contributed by atoms with van der Waals surface area (Å²) >= 11 is 0. The number of rotatable bonds is 9. The van der Waals surface area contributed by atoms with Crippen LogP contribution in [0.4, 0.5) is 11.4 Å². The minimum Gasteiger partial charge on any atom is -0.494 e. The van der Waals surface area contributed by atoms with E-state index in [0.717, 1.165) is 50.6 Å². The summed E-state index contributed by atoms with van der Waals surface area (Å²) in [6, 6.07) is 15.5. The lowest BCUT2D eigenvalue weighted by atomic mass is 10.1. The van der Waals surface area contributed by atoms with Gasteiger partial charge in [-0.3, -0.25) is 0 Å². The van der Waals surface area contributed by atoms with Crippen molar-refractivity contribution in [2.24, 2.45) is 0 Å². The molecule has 150 valence electrons. The Hall–Kier alpha value is -2.69. The predicted octanol–water partition coefficient (Wildman–Crippen LogP) is 4.67. The second-order valence-electron chi connectivity index (χ2n) is 7.23. The zero-order valence-corrected chi connectivity index (χ0v) is 16.6. The van der Waals surface area contributed by atoms with E-state index in [1.54, 1.807) is 12.1 Å². The van der Waals surface area contributed by atoms with Crippen LogP contribution in [0.25, 0.3) is 0 Å². The molecule has 1 fully saturated rings. The maximum atomic E-state index is 11.0. The Morgan fingerprint density at radius 2 is 1.61 bits per heavy atom. The number of benzene rings is 2. The van der Waals surface area contributed by atoms with Crippen molar-refractivity contribution in [3.63, 3.8) is 0 Å². The predicted molar refractivity (Wildman–Crippen MR) is 114 cm³/mol. The van der Waals surface area contributed by atoms with Crippen molar-refractivity contribution in [2.45, 2.75) is 32.6 Å². The third-order valence-electron chi connectivity index (χ3n) is 5.21. The highest BCUT2D eigenvalue weighted by Crippen LogP contribution is 2.24. The number of hydrogen-bond donors (Lipinski definition) is 1. The lowest BCUT2D eigenvalue weighted by Gasteiger charge is -2.37. The molecule has 0 unspecified atom stereocenters. The Kier molecular flexibility index (Phi) is 7.18. The third kappa shape index (κ3) is 5.41. The number of carboxylic acid groups (broad SMARTS) is 1. The van der Waals surface area contributed by atoms with Crippen molar-refractivity contribution in [3.8, 4) is 5.75 Å². The van der Waals surface area contributed by atoms with Crippen LogP contribution in [0.15, 0.2) is 48.5 Å². The first-order valence-corrected chi connectivity index (χ1v) is 10.2. The van der Waals surface area contributed by atoms with Gasteiger partial charge in [-0.15, -0.1) is 0 Å². The van der Waals surface area contributed by atoms with Crippen LogP contribution in [-0.2, 0) is 0 Å². The van der Waals surface area contributed by atoms with Crippen LogP contribution in [0.1, 0.15) is 43.0 Å². The summed E-state index contributed by atoms with van der Waals surface area (Å²) in [6.07, 6.45) is 4.85. The molecular weight excluding hydrogens is 352 g/mol. The zero-order chi connectivity index (χ0) is 19.8. The lowest BCUT2D eigenvalue weighted by molar-refractivity contribution is 0.0697. The largest absolute Gasteiger partial charge is 0.494 e. The van der Waals surface area contributed by atoms with Crippen molar-refractivity contribution in [2.75, 3.05) is 42.6 Å². The highest BCUT2D eigenvalue weighted by molar-refractivity contribution is 5.88. The van der Waals surface area contributed by atoms with Crippen LogP contribution >= 0.6 is 0 Å². The van der Waals surface area contributed by atoms with Crippen molar-refractivity contribution in [1.29, 1.82) is 0 Å². The van der Waals surface area contributed by atoms with E-state index in [1.165, 1.54) is 24.9 Å². The van der Waals surface area contributed by atoms with Gasteiger partial charge in [0.25, 0.3) is 0 Å². The Bertz CT molecular complexity index is 753. The minimum atomic E-state index is -0.885. The van der Waals surface area contributed by atoms with Gasteiger partial charge in [-0.25, -0.2) is 4.79 Å². The molecule has 0 radical (unpaired) electrons. The van der Waals surface area contributed by atoms with Crippen LogP contribution in [0.2, 0.25) is 0 Å². The normalized spacial score (nSPS) is 14.2. The van der Waals surface area contributed by atoms with E-state index in [-0.39, 0.29) is 0 Å². The number of ether oxygens (including phenoxy) is 1. The van der Waals surface area contributed by atoms with Gasteiger partial charge >= 0.3 is 5.97 Å². The smallest absolute Gasteiger partial charge is 0.335 e. The van der Waals surface area contributed by atoms with Gasteiger partial charge in [-0.05, 0) is 42.8 Å². The average molecular weight is 383 g/mol. The molecule has 1 aliphatic heterocycles. The summed E-state index contributed by atoms with van der Waals surface area (Å²) in [5.74, 6) is 0.0597. The number of carbonyl (C=O) groups is 1. The molecule has 1 saturated heterocycles. The standard InChI is InChI=1S/C23H30N2O3/c1-2-3-4-5-17-28-22-8-6-7-21(18-22)25-15-13-24(14-16-25)20-11-9-19(10-12-20)23(26)27/h6-12,18H,2-5,13-17H2,1H3,(H,26,27). The molecule has 1 aliphatic rings. The number of nitrogens with zero attached hydrogens (tertiary/aromatic N) is 2. The fraction of sp³-hybridized carbons (Fsp3) is 0.435. The lowest BCUT2D eigenvalue weighted by Crippen LogP contribution is -2.46. The van der Waals surface area contributed by atoms with Gasteiger partial charge in [0.05, 0.1) is 12.2 Å².